The maximum atomic E-state index is 5.82. The Labute approximate surface area is 112 Å². The summed E-state index contributed by atoms with van der Waals surface area (Å²) in [5, 5.41) is 3.70. The minimum absolute atomic E-state index is 0.381. The van der Waals surface area contributed by atoms with Crippen molar-refractivity contribution in [1.29, 1.82) is 0 Å². The van der Waals surface area contributed by atoms with Gasteiger partial charge in [0.1, 0.15) is 0 Å². The number of ether oxygens (including phenoxy) is 1. The van der Waals surface area contributed by atoms with Crippen molar-refractivity contribution < 1.29 is 4.74 Å². The lowest BCUT2D eigenvalue weighted by Crippen LogP contribution is -2.51. The Hall–Kier alpha value is -0.120. The standard InChI is InChI=1S/C15H30N2O/c1-5-15(4,10-16-14-6-7-14)11-17-8-12(2)18-13(3)9-17/h12-14,16H,5-11H2,1-4H3/t12-,13+,15?. The van der Waals surface area contributed by atoms with Crippen molar-refractivity contribution in [2.75, 3.05) is 26.2 Å². The van der Waals surface area contributed by atoms with Crippen molar-refractivity contribution in [2.24, 2.45) is 5.41 Å². The molecule has 0 aromatic heterocycles. The molecule has 1 unspecified atom stereocenters. The fourth-order valence-corrected chi connectivity index (χ4v) is 2.92. The second-order valence-electron chi connectivity index (χ2n) is 6.77. The van der Waals surface area contributed by atoms with Gasteiger partial charge in [-0.25, -0.2) is 0 Å². The van der Waals surface area contributed by atoms with Crippen LogP contribution in [0.2, 0.25) is 0 Å². The largest absolute Gasteiger partial charge is 0.373 e. The molecule has 18 heavy (non-hydrogen) atoms. The van der Waals surface area contributed by atoms with Crippen LogP contribution in [-0.2, 0) is 4.74 Å². The third-order valence-corrected chi connectivity index (χ3v) is 4.35. The Morgan fingerprint density at radius 2 is 1.83 bits per heavy atom. The highest BCUT2D eigenvalue weighted by Crippen LogP contribution is 2.26. The van der Waals surface area contributed by atoms with E-state index in [2.05, 4.69) is 37.9 Å². The van der Waals surface area contributed by atoms with Crippen molar-refractivity contribution in [1.82, 2.24) is 10.2 Å². The molecule has 0 bridgehead atoms. The van der Waals surface area contributed by atoms with Gasteiger partial charge in [0.2, 0.25) is 0 Å². The molecule has 2 fully saturated rings. The van der Waals surface area contributed by atoms with E-state index in [9.17, 15) is 0 Å². The maximum Gasteiger partial charge on any atom is 0.0678 e. The molecule has 1 saturated heterocycles. The number of morpholine rings is 1. The summed E-state index contributed by atoms with van der Waals surface area (Å²) in [5.74, 6) is 0. The third-order valence-electron chi connectivity index (χ3n) is 4.35. The van der Waals surface area contributed by atoms with Crippen molar-refractivity contribution in [3.63, 3.8) is 0 Å². The van der Waals surface area contributed by atoms with Crippen molar-refractivity contribution >= 4 is 0 Å². The first kappa shape index (κ1) is 14.3. The molecule has 1 saturated carbocycles. The van der Waals surface area contributed by atoms with Crippen LogP contribution < -0.4 is 5.32 Å². The molecule has 3 heteroatoms. The van der Waals surface area contributed by atoms with Crippen molar-refractivity contribution in [2.45, 2.75) is 65.2 Å². The van der Waals surface area contributed by atoms with Gasteiger partial charge in [-0.1, -0.05) is 13.8 Å². The molecule has 2 rings (SSSR count). The summed E-state index contributed by atoms with van der Waals surface area (Å²) in [4.78, 5) is 2.59. The average Bonchev–Trinajstić information content (AvgIpc) is 3.09. The normalized spacial score (nSPS) is 33.3. The van der Waals surface area contributed by atoms with Crippen LogP contribution in [-0.4, -0.2) is 49.3 Å². The first-order chi connectivity index (χ1) is 8.50. The smallest absolute Gasteiger partial charge is 0.0678 e. The minimum Gasteiger partial charge on any atom is -0.373 e. The van der Waals surface area contributed by atoms with Crippen LogP contribution in [0.3, 0.4) is 0 Å². The molecule has 3 nitrogen and oxygen atoms in total. The van der Waals surface area contributed by atoms with Gasteiger partial charge >= 0.3 is 0 Å². The Balaban J connectivity index is 1.83. The zero-order valence-corrected chi connectivity index (χ0v) is 12.5. The Morgan fingerprint density at radius 1 is 1.22 bits per heavy atom. The second kappa shape index (κ2) is 5.89. The molecule has 0 aromatic carbocycles. The van der Waals surface area contributed by atoms with Gasteiger partial charge in [-0.3, -0.25) is 4.90 Å². The average molecular weight is 254 g/mol. The van der Waals surface area contributed by atoms with Crippen LogP contribution in [0, 0.1) is 5.41 Å². The van der Waals surface area contributed by atoms with E-state index in [4.69, 9.17) is 4.74 Å². The quantitative estimate of drug-likeness (QED) is 0.787. The number of rotatable bonds is 6. The molecule has 1 N–H and O–H groups in total. The highest BCUT2D eigenvalue weighted by molar-refractivity contribution is 4.88. The van der Waals surface area contributed by atoms with Gasteiger partial charge in [-0.05, 0) is 38.5 Å². The molecule has 0 aromatic rings. The van der Waals surface area contributed by atoms with Crippen molar-refractivity contribution in [3.8, 4) is 0 Å². The van der Waals surface area contributed by atoms with Crippen LogP contribution in [0.15, 0.2) is 0 Å². The number of nitrogens with one attached hydrogen (secondary N) is 1. The zero-order chi connectivity index (χ0) is 13.2. The summed E-state index contributed by atoms with van der Waals surface area (Å²) in [6.07, 6.45) is 4.77. The van der Waals surface area contributed by atoms with E-state index in [0.29, 0.717) is 17.6 Å². The molecular weight excluding hydrogens is 224 g/mol. The Bertz CT molecular complexity index is 257. The van der Waals surface area contributed by atoms with Crippen LogP contribution in [0.4, 0.5) is 0 Å². The van der Waals surface area contributed by atoms with E-state index in [1.54, 1.807) is 0 Å². The first-order valence-electron chi connectivity index (χ1n) is 7.62. The predicted molar refractivity (Wildman–Crippen MR) is 75.9 cm³/mol. The maximum absolute atomic E-state index is 5.82. The van der Waals surface area contributed by atoms with Gasteiger partial charge in [0.15, 0.2) is 0 Å². The van der Waals surface area contributed by atoms with Gasteiger partial charge in [0.25, 0.3) is 0 Å². The lowest BCUT2D eigenvalue weighted by molar-refractivity contribution is -0.0768. The van der Waals surface area contributed by atoms with Gasteiger partial charge < -0.3 is 10.1 Å². The molecular formula is C15H30N2O. The van der Waals surface area contributed by atoms with Gasteiger partial charge in [-0.15, -0.1) is 0 Å². The molecule has 1 aliphatic carbocycles. The van der Waals surface area contributed by atoms with Crippen LogP contribution >= 0.6 is 0 Å². The van der Waals surface area contributed by atoms with Crippen molar-refractivity contribution in [3.05, 3.63) is 0 Å². The van der Waals surface area contributed by atoms with E-state index in [-0.39, 0.29) is 0 Å². The molecule has 1 heterocycles. The topological polar surface area (TPSA) is 24.5 Å². The summed E-state index contributed by atoms with van der Waals surface area (Å²) in [7, 11) is 0. The molecule has 0 radical (unpaired) electrons. The molecule has 3 atom stereocenters. The van der Waals surface area contributed by atoms with E-state index >= 15 is 0 Å². The number of hydrogen-bond donors (Lipinski definition) is 1. The minimum atomic E-state index is 0.381. The molecule has 0 spiro atoms. The Kier molecular flexibility index (Phi) is 4.68. The third kappa shape index (κ3) is 4.22. The van der Waals surface area contributed by atoms with Crippen LogP contribution in [0.5, 0.6) is 0 Å². The summed E-state index contributed by atoms with van der Waals surface area (Å²) >= 11 is 0. The summed E-state index contributed by atoms with van der Waals surface area (Å²) in [5.41, 5.74) is 0.402. The first-order valence-corrected chi connectivity index (χ1v) is 7.62. The van der Waals surface area contributed by atoms with Gasteiger partial charge in [0.05, 0.1) is 12.2 Å². The van der Waals surface area contributed by atoms with Gasteiger partial charge in [0, 0.05) is 32.2 Å². The van der Waals surface area contributed by atoms with Crippen LogP contribution in [0.25, 0.3) is 0 Å². The highest BCUT2D eigenvalue weighted by Gasteiger charge is 2.31. The lowest BCUT2D eigenvalue weighted by Gasteiger charge is -2.41. The van der Waals surface area contributed by atoms with Gasteiger partial charge in [-0.2, -0.15) is 0 Å². The van der Waals surface area contributed by atoms with Crippen LogP contribution in [0.1, 0.15) is 47.0 Å². The highest BCUT2D eigenvalue weighted by atomic mass is 16.5. The number of hydrogen-bond acceptors (Lipinski definition) is 3. The van der Waals surface area contributed by atoms with E-state index in [1.807, 2.05) is 0 Å². The fourth-order valence-electron chi connectivity index (χ4n) is 2.92. The Morgan fingerprint density at radius 3 is 2.33 bits per heavy atom. The molecule has 2 aliphatic rings. The summed E-state index contributed by atoms with van der Waals surface area (Å²) in [6, 6.07) is 0.818. The molecule has 0 amide bonds. The molecule has 1 aliphatic heterocycles. The summed E-state index contributed by atoms with van der Waals surface area (Å²) < 4.78 is 5.82. The molecule has 106 valence electrons. The fraction of sp³-hybridized carbons (Fsp3) is 1.00. The number of nitrogens with zero attached hydrogens (tertiary/aromatic N) is 1. The second-order valence-corrected chi connectivity index (χ2v) is 6.77. The van der Waals surface area contributed by atoms with E-state index in [0.717, 1.165) is 25.7 Å². The zero-order valence-electron chi connectivity index (χ0n) is 12.5. The SMILES string of the molecule is CCC(C)(CNC1CC1)CN1C[C@@H](C)O[C@@H](C)C1. The lowest BCUT2D eigenvalue weighted by atomic mass is 9.86. The van der Waals surface area contributed by atoms with E-state index < -0.39 is 0 Å². The monoisotopic (exact) mass is 254 g/mol. The predicted octanol–water partition coefficient (Wildman–Crippen LogP) is 2.26. The van der Waals surface area contributed by atoms with E-state index in [1.165, 1.54) is 25.8 Å². The summed E-state index contributed by atoms with van der Waals surface area (Å²) in [6.45, 7) is 13.7.